The molecule has 0 aliphatic heterocycles. The third-order valence-corrected chi connectivity index (χ3v) is 1.96. The third-order valence-electron chi connectivity index (χ3n) is 1.96. The highest BCUT2D eigenvalue weighted by molar-refractivity contribution is 6.04. The van der Waals surface area contributed by atoms with Crippen molar-refractivity contribution in [3.63, 3.8) is 0 Å². The van der Waals surface area contributed by atoms with Crippen LogP contribution >= 0.6 is 0 Å². The summed E-state index contributed by atoms with van der Waals surface area (Å²) in [5.41, 5.74) is 0. The first-order valence-corrected chi connectivity index (χ1v) is 5.13. The maximum absolute atomic E-state index is 11.5. The number of hydrogen-bond acceptors (Lipinski definition) is 2. The van der Waals surface area contributed by atoms with Crippen LogP contribution in [-0.2, 0) is 4.79 Å². The number of amides is 1. The van der Waals surface area contributed by atoms with E-state index < -0.39 is 0 Å². The van der Waals surface area contributed by atoms with Gasteiger partial charge in [0.1, 0.15) is 5.84 Å². The molecule has 0 aromatic heterocycles. The zero-order chi connectivity index (χ0) is 11.0. The molecule has 1 amide bonds. The Morgan fingerprint density at radius 1 is 1.50 bits per heavy atom. The van der Waals surface area contributed by atoms with E-state index in [2.05, 4.69) is 10.3 Å². The van der Waals surface area contributed by atoms with Gasteiger partial charge in [-0.2, -0.15) is 0 Å². The van der Waals surface area contributed by atoms with E-state index in [0.29, 0.717) is 12.4 Å². The van der Waals surface area contributed by atoms with Gasteiger partial charge in [-0.1, -0.05) is 19.9 Å². The van der Waals surface area contributed by atoms with Crippen molar-refractivity contribution in [2.75, 3.05) is 6.54 Å². The van der Waals surface area contributed by atoms with Crippen molar-refractivity contribution >= 4 is 11.7 Å². The quantitative estimate of drug-likeness (QED) is 0.543. The van der Waals surface area contributed by atoms with Crippen LogP contribution in [0.1, 0.15) is 34.1 Å². The summed E-state index contributed by atoms with van der Waals surface area (Å²) in [7, 11) is 0. The van der Waals surface area contributed by atoms with Crippen molar-refractivity contribution in [3.8, 4) is 0 Å². The molecule has 0 fully saturated rings. The molecule has 0 aliphatic rings. The van der Waals surface area contributed by atoms with E-state index in [-0.39, 0.29) is 11.8 Å². The number of amidine groups is 1. The molecule has 0 aromatic carbocycles. The minimum atomic E-state index is 0.0396. The van der Waals surface area contributed by atoms with Gasteiger partial charge < -0.3 is 5.32 Å². The van der Waals surface area contributed by atoms with Gasteiger partial charge in [0.15, 0.2) is 0 Å². The standard InChI is InChI=1S/C11H20N2O/c1-5-8-10(12-7-3)13-11(14)9(4)6-2/h5,8-9H,6-7H2,1-4H3,(H,12,13,14)/b8-5-. The summed E-state index contributed by atoms with van der Waals surface area (Å²) in [6, 6.07) is 0. The number of nitrogens with one attached hydrogen (secondary N) is 1. The summed E-state index contributed by atoms with van der Waals surface area (Å²) in [4.78, 5) is 15.7. The molecule has 14 heavy (non-hydrogen) atoms. The SMILES string of the molecule is C/C=C\C(=NCC)NC(=O)C(C)CC. The van der Waals surface area contributed by atoms with Gasteiger partial charge >= 0.3 is 0 Å². The van der Waals surface area contributed by atoms with Crippen molar-refractivity contribution < 1.29 is 4.79 Å². The van der Waals surface area contributed by atoms with Crippen LogP contribution in [0.5, 0.6) is 0 Å². The van der Waals surface area contributed by atoms with Gasteiger partial charge in [-0.15, -0.1) is 0 Å². The summed E-state index contributed by atoms with van der Waals surface area (Å²) >= 11 is 0. The van der Waals surface area contributed by atoms with Crippen molar-refractivity contribution in [2.45, 2.75) is 34.1 Å². The molecule has 0 spiro atoms. The van der Waals surface area contributed by atoms with Crippen LogP contribution in [0.2, 0.25) is 0 Å². The molecule has 0 bridgehead atoms. The van der Waals surface area contributed by atoms with Crippen LogP contribution in [0.25, 0.3) is 0 Å². The highest BCUT2D eigenvalue weighted by Crippen LogP contribution is 1.99. The summed E-state index contributed by atoms with van der Waals surface area (Å²) in [6.45, 7) is 8.44. The maximum atomic E-state index is 11.5. The van der Waals surface area contributed by atoms with E-state index in [0.717, 1.165) is 6.42 Å². The van der Waals surface area contributed by atoms with Gasteiger partial charge in [-0.05, 0) is 26.3 Å². The molecule has 0 saturated heterocycles. The van der Waals surface area contributed by atoms with E-state index in [9.17, 15) is 4.79 Å². The Labute approximate surface area is 86.3 Å². The zero-order valence-corrected chi connectivity index (χ0v) is 9.50. The first-order chi connectivity index (χ1) is 6.65. The summed E-state index contributed by atoms with van der Waals surface area (Å²) in [5.74, 6) is 0.736. The van der Waals surface area contributed by atoms with E-state index in [4.69, 9.17) is 0 Å². The van der Waals surface area contributed by atoms with Crippen molar-refractivity contribution in [3.05, 3.63) is 12.2 Å². The third kappa shape index (κ3) is 4.80. The fraction of sp³-hybridized carbons (Fsp3) is 0.636. The van der Waals surface area contributed by atoms with Gasteiger partial charge in [0.05, 0.1) is 0 Å². The Balaban J connectivity index is 4.31. The second kappa shape index (κ2) is 7.30. The highest BCUT2D eigenvalue weighted by atomic mass is 16.1. The second-order valence-corrected chi connectivity index (χ2v) is 3.16. The predicted octanol–water partition coefficient (Wildman–Crippen LogP) is 2.14. The minimum Gasteiger partial charge on any atom is -0.311 e. The first-order valence-electron chi connectivity index (χ1n) is 5.13. The minimum absolute atomic E-state index is 0.0396. The molecule has 3 nitrogen and oxygen atoms in total. The lowest BCUT2D eigenvalue weighted by Crippen LogP contribution is -2.33. The molecule has 3 heteroatoms. The zero-order valence-electron chi connectivity index (χ0n) is 9.50. The average molecular weight is 196 g/mol. The molecule has 1 N–H and O–H groups in total. The molecular weight excluding hydrogens is 176 g/mol. The molecule has 0 aromatic rings. The van der Waals surface area contributed by atoms with Crippen LogP contribution in [0.4, 0.5) is 0 Å². The predicted molar refractivity (Wildman–Crippen MR) is 60.4 cm³/mol. The number of carbonyl (C=O) groups excluding carboxylic acids is 1. The van der Waals surface area contributed by atoms with Crippen LogP contribution in [0.15, 0.2) is 17.1 Å². The lowest BCUT2D eigenvalue weighted by Gasteiger charge is -2.09. The summed E-state index contributed by atoms with van der Waals surface area (Å²) in [5, 5.41) is 2.79. The van der Waals surface area contributed by atoms with E-state index in [1.807, 2.05) is 39.8 Å². The molecule has 1 atom stereocenters. The summed E-state index contributed by atoms with van der Waals surface area (Å²) in [6.07, 6.45) is 4.52. The molecular formula is C11H20N2O. The highest BCUT2D eigenvalue weighted by Gasteiger charge is 2.10. The lowest BCUT2D eigenvalue weighted by atomic mass is 10.1. The first kappa shape index (κ1) is 12.9. The van der Waals surface area contributed by atoms with Crippen LogP contribution in [-0.4, -0.2) is 18.3 Å². The maximum Gasteiger partial charge on any atom is 0.228 e. The van der Waals surface area contributed by atoms with Crippen LogP contribution < -0.4 is 5.32 Å². The van der Waals surface area contributed by atoms with E-state index in [1.54, 1.807) is 0 Å². The van der Waals surface area contributed by atoms with Crippen molar-refractivity contribution in [2.24, 2.45) is 10.9 Å². The van der Waals surface area contributed by atoms with Gasteiger partial charge in [-0.3, -0.25) is 9.79 Å². The molecule has 0 heterocycles. The Morgan fingerprint density at radius 2 is 2.14 bits per heavy atom. The molecule has 0 rings (SSSR count). The van der Waals surface area contributed by atoms with Crippen LogP contribution in [0, 0.1) is 5.92 Å². The Kier molecular flexibility index (Phi) is 6.72. The Bertz CT molecular complexity index is 231. The molecule has 0 aliphatic carbocycles. The Hall–Kier alpha value is -1.12. The fourth-order valence-corrected chi connectivity index (χ4v) is 0.897. The number of carbonyl (C=O) groups is 1. The topological polar surface area (TPSA) is 41.5 Å². The van der Waals surface area contributed by atoms with E-state index >= 15 is 0 Å². The molecule has 80 valence electrons. The number of allylic oxidation sites excluding steroid dienone is 1. The van der Waals surface area contributed by atoms with Gasteiger partial charge in [-0.25, -0.2) is 0 Å². The Morgan fingerprint density at radius 3 is 2.57 bits per heavy atom. The number of aliphatic imine (C=N–C) groups is 1. The van der Waals surface area contributed by atoms with Crippen molar-refractivity contribution in [1.82, 2.24) is 5.32 Å². The number of rotatable bonds is 4. The number of hydrogen-bond donors (Lipinski definition) is 1. The van der Waals surface area contributed by atoms with E-state index in [1.165, 1.54) is 0 Å². The normalized spacial score (nSPS) is 14.4. The molecule has 0 radical (unpaired) electrons. The summed E-state index contributed by atoms with van der Waals surface area (Å²) < 4.78 is 0. The monoisotopic (exact) mass is 196 g/mol. The van der Waals surface area contributed by atoms with Crippen molar-refractivity contribution in [1.29, 1.82) is 0 Å². The lowest BCUT2D eigenvalue weighted by molar-refractivity contribution is -0.123. The number of nitrogens with zero attached hydrogens (tertiary/aromatic N) is 1. The molecule has 1 unspecified atom stereocenters. The van der Waals surface area contributed by atoms with Crippen LogP contribution in [0.3, 0.4) is 0 Å². The van der Waals surface area contributed by atoms with Gasteiger partial charge in [0.25, 0.3) is 0 Å². The largest absolute Gasteiger partial charge is 0.311 e. The second-order valence-electron chi connectivity index (χ2n) is 3.16. The average Bonchev–Trinajstić information content (AvgIpc) is 2.17. The molecule has 0 saturated carbocycles. The smallest absolute Gasteiger partial charge is 0.228 e. The van der Waals surface area contributed by atoms with Gasteiger partial charge in [0.2, 0.25) is 5.91 Å². The fourth-order valence-electron chi connectivity index (χ4n) is 0.897. The van der Waals surface area contributed by atoms with Gasteiger partial charge in [0, 0.05) is 12.5 Å².